The van der Waals surface area contributed by atoms with Gasteiger partial charge in [0.15, 0.2) is 9.84 Å². The molecule has 0 fully saturated rings. The molecule has 2 aromatic heterocycles. The minimum absolute atomic E-state index is 0. The maximum Gasteiger partial charge on any atom is 0.229 e. The fourth-order valence-electron chi connectivity index (χ4n) is 4.34. The molecule has 0 saturated carbocycles. The number of aromatic nitrogens is 4. The first kappa shape index (κ1) is 28.8. The summed E-state index contributed by atoms with van der Waals surface area (Å²) in [6.07, 6.45) is 2.91. The lowest BCUT2D eigenvalue weighted by atomic mass is 10.1. The monoisotopic (exact) mass is 577 g/mol. The third-order valence-electron chi connectivity index (χ3n) is 6.42. The van der Waals surface area contributed by atoms with Gasteiger partial charge in [-0.1, -0.05) is 42.0 Å². The highest BCUT2D eigenvalue weighted by Gasteiger charge is 2.13. The van der Waals surface area contributed by atoms with Crippen molar-refractivity contribution < 1.29 is 8.42 Å². The van der Waals surface area contributed by atoms with Crippen LogP contribution >= 0.6 is 12.4 Å². The zero-order valence-electron chi connectivity index (χ0n) is 22.8. The minimum Gasteiger partial charge on any atom is -0.352 e. The van der Waals surface area contributed by atoms with Crippen LogP contribution in [0.15, 0.2) is 79.0 Å². The second-order valence-electron chi connectivity index (χ2n) is 9.70. The molecular weight excluding hydrogens is 546 g/mol. The van der Waals surface area contributed by atoms with Crippen molar-refractivity contribution in [3.63, 3.8) is 0 Å². The van der Waals surface area contributed by atoms with Crippen molar-refractivity contribution in [2.45, 2.75) is 19.2 Å². The third kappa shape index (κ3) is 6.88. The van der Waals surface area contributed by atoms with Gasteiger partial charge in [0.2, 0.25) is 11.9 Å². The van der Waals surface area contributed by atoms with E-state index in [1.54, 1.807) is 18.3 Å². The van der Waals surface area contributed by atoms with Gasteiger partial charge >= 0.3 is 0 Å². The molecule has 3 aromatic carbocycles. The number of anilines is 5. The number of sulfone groups is 1. The van der Waals surface area contributed by atoms with E-state index in [9.17, 15) is 8.42 Å². The summed E-state index contributed by atoms with van der Waals surface area (Å²) < 4.78 is 25.4. The molecule has 0 saturated heterocycles. The summed E-state index contributed by atoms with van der Waals surface area (Å²) in [5.41, 5.74) is 6.70. The molecule has 0 bridgehead atoms. The molecule has 0 atom stereocenters. The van der Waals surface area contributed by atoms with Crippen molar-refractivity contribution in [2.24, 2.45) is 7.05 Å². The van der Waals surface area contributed by atoms with E-state index in [0.29, 0.717) is 23.9 Å². The zero-order chi connectivity index (χ0) is 27.6. The molecule has 0 aliphatic carbocycles. The maximum atomic E-state index is 11.7. The topological polar surface area (TPSA) is 105 Å². The first-order chi connectivity index (χ1) is 18.6. The lowest BCUT2D eigenvalue weighted by Crippen LogP contribution is -2.12. The van der Waals surface area contributed by atoms with Gasteiger partial charge in [0.1, 0.15) is 5.82 Å². The summed E-state index contributed by atoms with van der Waals surface area (Å²) >= 11 is 0. The highest BCUT2D eigenvalue weighted by atomic mass is 35.5. The molecule has 2 N–H and O–H groups in total. The summed E-state index contributed by atoms with van der Waals surface area (Å²) in [6, 6.07) is 23.7. The summed E-state index contributed by atoms with van der Waals surface area (Å²) in [4.78, 5) is 15.8. The van der Waals surface area contributed by atoms with Crippen molar-refractivity contribution in [1.82, 2.24) is 19.5 Å². The Labute approximate surface area is 240 Å². The van der Waals surface area contributed by atoms with Crippen LogP contribution in [-0.2, 0) is 29.2 Å². The average Bonchev–Trinajstić information content (AvgIpc) is 3.22. The van der Waals surface area contributed by atoms with Crippen LogP contribution in [0.5, 0.6) is 0 Å². The van der Waals surface area contributed by atoms with E-state index < -0.39 is 9.84 Å². The molecule has 0 spiro atoms. The van der Waals surface area contributed by atoms with Gasteiger partial charge in [-0.05, 0) is 54.4 Å². The van der Waals surface area contributed by atoms with Crippen LogP contribution in [0.25, 0.3) is 11.0 Å². The minimum atomic E-state index is -3.13. The van der Waals surface area contributed by atoms with Gasteiger partial charge in [-0.15, -0.1) is 12.4 Å². The van der Waals surface area contributed by atoms with Gasteiger partial charge in [0.05, 0.1) is 16.8 Å². The molecule has 0 aliphatic heterocycles. The average molecular weight is 578 g/mol. The number of aryl methyl sites for hydroxylation is 2. The summed E-state index contributed by atoms with van der Waals surface area (Å²) in [5, 5.41) is 6.62. The van der Waals surface area contributed by atoms with Crippen molar-refractivity contribution in [3.05, 3.63) is 95.7 Å². The van der Waals surface area contributed by atoms with Crippen molar-refractivity contribution in [1.29, 1.82) is 0 Å². The van der Waals surface area contributed by atoms with Crippen molar-refractivity contribution in [2.75, 3.05) is 28.8 Å². The predicted octanol–water partition coefficient (Wildman–Crippen LogP) is 5.76. The molecule has 2 heterocycles. The van der Waals surface area contributed by atoms with Crippen LogP contribution in [0.2, 0.25) is 0 Å². The maximum absolute atomic E-state index is 11.7. The van der Waals surface area contributed by atoms with Gasteiger partial charge in [-0.2, -0.15) is 4.98 Å². The molecule has 0 amide bonds. The summed E-state index contributed by atoms with van der Waals surface area (Å²) in [6.45, 7) is 2.77. The molecule has 9 nitrogen and oxygen atoms in total. The van der Waals surface area contributed by atoms with E-state index in [1.807, 2.05) is 49.3 Å². The Balaban J connectivity index is 0.00000370. The Kier molecular flexibility index (Phi) is 8.61. The van der Waals surface area contributed by atoms with Crippen LogP contribution in [-0.4, -0.2) is 41.2 Å². The number of benzene rings is 3. The standard InChI is InChI=1S/C29H31N7O2S.ClH/c1-20-8-10-21(11-9-20)18-31-29-33-25-17-24(12-13-26(25)36(29)3)35(2)27-14-15-30-28(34-27)32-23-7-5-6-22(16-23)19-39(4,37)38;/h5-17H,18-19H2,1-4H3,(H,31,33)(H,30,32,34);1H. The number of hydrogen-bond acceptors (Lipinski definition) is 8. The van der Waals surface area contributed by atoms with Gasteiger partial charge in [-0.25, -0.2) is 18.4 Å². The zero-order valence-corrected chi connectivity index (χ0v) is 24.4. The predicted molar refractivity (Wildman–Crippen MR) is 165 cm³/mol. The molecule has 0 aliphatic rings. The smallest absolute Gasteiger partial charge is 0.229 e. The number of hydrogen-bond donors (Lipinski definition) is 2. The Morgan fingerprint density at radius 3 is 2.48 bits per heavy atom. The van der Waals surface area contributed by atoms with Gasteiger partial charge in [0.25, 0.3) is 0 Å². The summed E-state index contributed by atoms with van der Waals surface area (Å²) in [5.74, 6) is 1.90. The molecule has 40 heavy (non-hydrogen) atoms. The van der Waals surface area contributed by atoms with Gasteiger partial charge < -0.3 is 20.1 Å². The van der Waals surface area contributed by atoms with E-state index in [2.05, 4.69) is 62.4 Å². The Hall–Kier alpha value is -4.15. The lowest BCUT2D eigenvalue weighted by Gasteiger charge is -2.19. The fourth-order valence-corrected chi connectivity index (χ4v) is 5.13. The molecule has 0 unspecified atom stereocenters. The number of fused-ring (bicyclic) bond motifs is 1. The first-order valence-corrected chi connectivity index (χ1v) is 14.6. The molecule has 11 heteroatoms. The second-order valence-corrected chi connectivity index (χ2v) is 11.8. The SMILES string of the molecule is Cc1ccc(CNc2nc3cc(N(C)c4ccnc(Nc5cccc(CS(C)(=O)=O)c5)n4)ccc3n2C)cc1.Cl. The van der Waals surface area contributed by atoms with E-state index >= 15 is 0 Å². The van der Waals surface area contributed by atoms with E-state index in [-0.39, 0.29) is 18.2 Å². The van der Waals surface area contributed by atoms with E-state index in [4.69, 9.17) is 4.98 Å². The van der Waals surface area contributed by atoms with Gasteiger partial charge in [0, 0.05) is 44.5 Å². The highest BCUT2D eigenvalue weighted by Crippen LogP contribution is 2.28. The van der Waals surface area contributed by atoms with Crippen LogP contribution in [0.3, 0.4) is 0 Å². The first-order valence-electron chi connectivity index (χ1n) is 12.5. The molecule has 208 valence electrons. The fraction of sp³-hybridized carbons (Fsp3) is 0.207. The third-order valence-corrected chi connectivity index (χ3v) is 7.28. The highest BCUT2D eigenvalue weighted by molar-refractivity contribution is 7.89. The number of halogens is 1. The normalized spacial score (nSPS) is 11.2. The van der Waals surface area contributed by atoms with Crippen LogP contribution in [0.1, 0.15) is 16.7 Å². The Morgan fingerprint density at radius 1 is 0.950 bits per heavy atom. The Morgan fingerprint density at radius 2 is 1.73 bits per heavy atom. The Bertz CT molecular complexity index is 1740. The largest absolute Gasteiger partial charge is 0.352 e. The van der Waals surface area contributed by atoms with Crippen LogP contribution in [0.4, 0.5) is 29.1 Å². The molecule has 5 rings (SSSR count). The second kappa shape index (κ2) is 11.9. The molecular formula is C29H32ClN7O2S. The number of imidazole rings is 1. The van der Waals surface area contributed by atoms with Gasteiger partial charge in [-0.3, -0.25) is 0 Å². The molecule has 0 radical (unpaired) electrons. The number of nitrogens with one attached hydrogen (secondary N) is 2. The van der Waals surface area contributed by atoms with E-state index in [1.165, 1.54) is 17.4 Å². The van der Waals surface area contributed by atoms with E-state index in [0.717, 1.165) is 28.4 Å². The lowest BCUT2D eigenvalue weighted by molar-refractivity contribution is 0.601. The van der Waals surface area contributed by atoms with Crippen LogP contribution in [0, 0.1) is 6.92 Å². The van der Waals surface area contributed by atoms with Crippen molar-refractivity contribution >= 4 is 62.4 Å². The molecule has 5 aromatic rings. The number of nitrogens with zero attached hydrogens (tertiary/aromatic N) is 5. The number of rotatable bonds is 9. The quantitative estimate of drug-likeness (QED) is 0.228. The van der Waals surface area contributed by atoms with Crippen molar-refractivity contribution in [3.8, 4) is 0 Å². The van der Waals surface area contributed by atoms with Crippen LogP contribution < -0.4 is 15.5 Å². The summed E-state index contributed by atoms with van der Waals surface area (Å²) in [7, 11) is 0.821.